The lowest BCUT2D eigenvalue weighted by molar-refractivity contribution is 0.0378. The molecule has 3 nitrogen and oxygen atoms in total. The van der Waals surface area contributed by atoms with Crippen LogP contribution < -0.4 is 5.32 Å². The minimum absolute atomic E-state index is 0.404. The highest BCUT2D eigenvalue weighted by atomic mass is 16.5. The van der Waals surface area contributed by atoms with Crippen LogP contribution in [0.2, 0.25) is 0 Å². The third-order valence-corrected chi connectivity index (χ3v) is 3.52. The number of hydrogen-bond acceptors (Lipinski definition) is 3. The van der Waals surface area contributed by atoms with Gasteiger partial charge in [0.25, 0.3) is 0 Å². The molecule has 96 valence electrons. The number of rotatable bonds is 8. The van der Waals surface area contributed by atoms with Gasteiger partial charge in [0.15, 0.2) is 0 Å². The van der Waals surface area contributed by atoms with Gasteiger partial charge in [-0.25, -0.2) is 0 Å². The van der Waals surface area contributed by atoms with Gasteiger partial charge in [0, 0.05) is 19.2 Å². The second kappa shape index (κ2) is 8.04. The Balaban J connectivity index is 2.11. The van der Waals surface area contributed by atoms with Crippen LogP contribution in [0, 0.1) is 0 Å². The summed E-state index contributed by atoms with van der Waals surface area (Å²) >= 11 is 0. The molecule has 2 atom stereocenters. The van der Waals surface area contributed by atoms with Crippen LogP contribution in [-0.4, -0.2) is 50.8 Å². The van der Waals surface area contributed by atoms with Crippen molar-refractivity contribution < 1.29 is 4.74 Å². The van der Waals surface area contributed by atoms with Crippen molar-refractivity contribution in [2.75, 3.05) is 33.8 Å². The van der Waals surface area contributed by atoms with Crippen molar-refractivity contribution in [2.45, 2.75) is 51.2 Å². The highest BCUT2D eigenvalue weighted by molar-refractivity contribution is 4.76. The normalized spacial score (nSPS) is 23.8. The summed E-state index contributed by atoms with van der Waals surface area (Å²) < 4.78 is 5.94. The molecule has 0 aromatic carbocycles. The zero-order valence-corrected chi connectivity index (χ0v) is 11.2. The van der Waals surface area contributed by atoms with Crippen LogP contribution >= 0.6 is 0 Å². The number of nitrogens with zero attached hydrogens (tertiary/aromatic N) is 1. The Morgan fingerprint density at radius 3 is 2.88 bits per heavy atom. The fourth-order valence-corrected chi connectivity index (χ4v) is 2.51. The van der Waals surface area contributed by atoms with Crippen LogP contribution in [0.3, 0.4) is 0 Å². The predicted octanol–water partition coefficient (Wildman–Crippen LogP) is 1.88. The maximum Gasteiger partial charge on any atom is 0.0699 e. The van der Waals surface area contributed by atoms with Crippen LogP contribution in [0.25, 0.3) is 0 Å². The van der Waals surface area contributed by atoms with E-state index in [9.17, 15) is 0 Å². The Kier molecular flexibility index (Phi) is 7.01. The summed E-state index contributed by atoms with van der Waals surface area (Å²) in [5.74, 6) is 0. The molecule has 1 aliphatic heterocycles. The first-order valence-electron chi connectivity index (χ1n) is 6.74. The summed E-state index contributed by atoms with van der Waals surface area (Å²) in [6.45, 7) is 5.38. The predicted molar refractivity (Wildman–Crippen MR) is 68.8 cm³/mol. The largest absolute Gasteiger partial charge is 0.377 e. The van der Waals surface area contributed by atoms with Crippen molar-refractivity contribution in [1.29, 1.82) is 0 Å². The summed E-state index contributed by atoms with van der Waals surface area (Å²) in [5.41, 5.74) is 0. The Morgan fingerprint density at radius 1 is 1.50 bits per heavy atom. The van der Waals surface area contributed by atoms with E-state index in [-0.39, 0.29) is 0 Å². The molecule has 1 aliphatic rings. The van der Waals surface area contributed by atoms with Crippen LogP contribution in [0.1, 0.15) is 39.0 Å². The monoisotopic (exact) mass is 228 g/mol. The lowest BCUT2D eigenvalue weighted by Crippen LogP contribution is -2.30. The Morgan fingerprint density at radius 2 is 2.31 bits per heavy atom. The quantitative estimate of drug-likeness (QED) is 0.686. The molecule has 2 unspecified atom stereocenters. The van der Waals surface area contributed by atoms with Gasteiger partial charge in [0.1, 0.15) is 0 Å². The molecule has 0 amide bonds. The first-order valence-corrected chi connectivity index (χ1v) is 6.74. The molecule has 0 bridgehead atoms. The van der Waals surface area contributed by atoms with Crippen molar-refractivity contribution in [1.82, 2.24) is 10.2 Å². The third-order valence-electron chi connectivity index (χ3n) is 3.52. The standard InChI is InChI=1S/C13H28N2O/c1-4-6-13(11-14-2)16-10-8-12-7-5-9-15(12)3/h12-14H,4-11H2,1-3H3. The molecule has 0 radical (unpaired) electrons. The summed E-state index contributed by atoms with van der Waals surface area (Å²) in [7, 11) is 4.23. The van der Waals surface area contributed by atoms with E-state index >= 15 is 0 Å². The molecule has 0 aromatic heterocycles. The Bertz CT molecular complexity index is 169. The molecule has 3 heteroatoms. The Labute approximate surface area is 101 Å². The third kappa shape index (κ3) is 4.81. The molecule has 0 aromatic rings. The highest BCUT2D eigenvalue weighted by Gasteiger charge is 2.20. The van der Waals surface area contributed by atoms with Gasteiger partial charge < -0.3 is 15.0 Å². The van der Waals surface area contributed by atoms with Gasteiger partial charge in [-0.2, -0.15) is 0 Å². The number of nitrogens with one attached hydrogen (secondary N) is 1. The molecule has 1 fully saturated rings. The second-order valence-electron chi connectivity index (χ2n) is 4.90. The average molecular weight is 228 g/mol. The van der Waals surface area contributed by atoms with E-state index in [0.717, 1.165) is 19.2 Å². The van der Waals surface area contributed by atoms with E-state index < -0.39 is 0 Å². The first-order chi connectivity index (χ1) is 7.77. The average Bonchev–Trinajstić information content (AvgIpc) is 2.65. The molecular weight excluding hydrogens is 200 g/mol. The Hall–Kier alpha value is -0.120. The SMILES string of the molecule is CCCC(CNC)OCCC1CCCN1C. The lowest BCUT2D eigenvalue weighted by atomic mass is 10.1. The smallest absolute Gasteiger partial charge is 0.0699 e. The summed E-state index contributed by atoms with van der Waals surface area (Å²) in [5, 5.41) is 3.20. The van der Waals surface area contributed by atoms with Gasteiger partial charge in [-0.3, -0.25) is 0 Å². The lowest BCUT2D eigenvalue weighted by Gasteiger charge is -2.22. The molecule has 16 heavy (non-hydrogen) atoms. The van der Waals surface area contributed by atoms with Crippen LogP contribution in [0.4, 0.5) is 0 Å². The fraction of sp³-hybridized carbons (Fsp3) is 1.00. The van der Waals surface area contributed by atoms with E-state index in [4.69, 9.17) is 4.74 Å². The molecule has 0 spiro atoms. The zero-order chi connectivity index (χ0) is 11.8. The van der Waals surface area contributed by atoms with Crippen LogP contribution in [0.15, 0.2) is 0 Å². The van der Waals surface area contributed by atoms with Gasteiger partial charge in [-0.15, -0.1) is 0 Å². The zero-order valence-electron chi connectivity index (χ0n) is 11.2. The topological polar surface area (TPSA) is 24.5 Å². The highest BCUT2D eigenvalue weighted by Crippen LogP contribution is 2.18. The van der Waals surface area contributed by atoms with Gasteiger partial charge in [0.05, 0.1) is 6.10 Å². The molecule has 1 N–H and O–H groups in total. The van der Waals surface area contributed by atoms with Crippen molar-refractivity contribution >= 4 is 0 Å². The summed E-state index contributed by atoms with van der Waals surface area (Å²) in [4.78, 5) is 2.47. The van der Waals surface area contributed by atoms with E-state index in [0.29, 0.717) is 6.10 Å². The van der Waals surface area contributed by atoms with Gasteiger partial charge in [-0.05, 0) is 46.3 Å². The van der Waals surface area contributed by atoms with Crippen molar-refractivity contribution in [3.05, 3.63) is 0 Å². The number of likely N-dealkylation sites (N-methyl/N-ethyl adjacent to an activating group) is 1. The van der Waals surface area contributed by atoms with Crippen molar-refractivity contribution in [3.63, 3.8) is 0 Å². The van der Waals surface area contributed by atoms with E-state index in [1.807, 2.05) is 7.05 Å². The molecule has 0 saturated carbocycles. The van der Waals surface area contributed by atoms with Gasteiger partial charge in [-0.1, -0.05) is 13.3 Å². The molecule has 1 heterocycles. The molecular formula is C13H28N2O. The second-order valence-corrected chi connectivity index (χ2v) is 4.90. The van der Waals surface area contributed by atoms with Gasteiger partial charge >= 0.3 is 0 Å². The van der Waals surface area contributed by atoms with Crippen molar-refractivity contribution in [3.8, 4) is 0 Å². The minimum Gasteiger partial charge on any atom is -0.377 e. The summed E-state index contributed by atoms with van der Waals surface area (Å²) in [6, 6.07) is 0.761. The van der Waals surface area contributed by atoms with E-state index in [1.54, 1.807) is 0 Å². The van der Waals surface area contributed by atoms with Crippen LogP contribution in [-0.2, 0) is 4.74 Å². The first kappa shape index (κ1) is 13.9. The van der Waals surface area contributed by atoms with E-state index in [1.165, 1.54) is 38.6 Å². The molecule has 1 saturated heterocycles. The molecule has 0 aliphatic carbocycles. The maximum atomic E-state index is 5.94. The minimum atomic E-state index is 0.404. The molecule has 1 rings (SSSR count). The van der Waals surface area contributed by atoms with Gasteiger partial charge in [0.2, 0.25) is 0 Å². The summed E-state index contributed by atoms with van der Waals surface area (Å²) in [6.07, 6.45) is 6.68. The van der Waals surface area contributed by atoms with E-state index in [2.05, 4.69) is 24.2 Å². The maximum absolute atomic E-state index is 5.94. The fourth-order valence-electron chi connectivity index (χ4n) is 2.51. The van der Waals surface area contributed by atoms with Crippen LogP contribution in [0.5, 0.6) is 0 Å². The number of likely N-dealkylation sites (tertiary alicyclic amines) is 1. The number of ether oxygens (including phenoxy) is 1. The van der Waals surface area contributed by atoms with Crippen molar-refractivity contribution in [2.24, 2.45) is 0 Å². The number of hydrogen-bond donors (Lipinski definition) is 1.